The van der Waals surface area contributed by atoms with Gasteiger partial charge in [-0.2, -0.15) is 0 Å². The van der Waals surface area contributed by atoms with Gasteiger partial charge in [-0.25, -0.2) is 0 Å². The minimum atomic E-state index is -0.582. The number of aliphatic carboxylic acids is 1. The quantitative estimate of drug-likeness (QED) is 0.887. The summed E-state index contributed by atoms with van der Waals surface area (Å²) in [5.74, 6) is 0.0637. The van der Waals surface area contributed by atoms with Gasteiger partial charge in [-0.1, -0.05) is 30.3 Å². The fourth-order valence-corrected chi connectivity index (χ4v) is 3.69. The number of rotatable bonds is 3. The second kappa shape index (κ2) is 4.73. The SMILES string of the molecule is O=C(O)C1[C@@H]2CC[C@H]1CN(Cc1ccccc1)C2. The van der Waals surface area contributed by atoms with Crippen molar-refractivity contribution in [3.63, 3.8) is 0 Å². The summed E-state index contributed by atoms with van der Waals surface area (Å²) in [6.07, 6.45) is 2.18. The van der Waals surface area contributed by atoms with Gasteiger partial charge in [0.25, 0.3) is 0 Å². The summed E-state index contributed by atoms with van der Waals surface area (Å²) >= 11 is 0. The lowest BCUT2D eigenvalue weighted by Crippen LogP contribution is -2.44. The smallest absolute Gasteiger partial charge is 0.307 e. The molecule has 1 saturated carbocycles. The molecule has 3 nitrogen and oxygen atoms in total. The lowest BCUT2D eigenvalue weighted by atomic mass is 9.85. The van der Waals surface area contributed by atoms with E-state index >= 15 is 0 Å². The molecule has 1 heterocycles. The van der Waals surface area contributed by atoms with Gasteiger partial charge >= 0.3 is 5.97 Å². The van der Waals surface area contributed by atoms with Crippen molar-refractivity contribution >= 4 is 5.97 Å². The van der Waals surface area contributed by atoms with Crippen molar-refractivity contribution in [2.45, 2.75) is 19.4 Å². The van der Waals surface area contributed by atoms with Crippen LogP contribution in [-0.4, -0.2) is 29.1 Å². The largest absolute Gasteiger partial charge is 0.481 e. The number of benzene rings is 1. The highest BCUT2D eigenvalue weighted by atomic mass is 16.4. The Hall–Kier alpha value is -1.35. The molecule has 0 spiro atoms. The van der Waals surface area contributed by atoms with Crippen LogP contribution in [0.15, 0.2) is 30.3 Å². The molecule has 1 N–H and O–H groups in total. The number of carboxylic acids is 1. The van der Waals surface area contributed by atoms with E-state index in [1.807, 2.05) is 6.07 Å². The molecular weight excluding hydrogens is 226 g/mol. The van der Waals surface area contributed by atoms with E-state index in [1.165, 1.54) is 5.56 Å². The zero-order valence-corrected chi connectivity index (χ0v) is 10.5. The van der Waals surface area contributed by atoms with Gasteiger partial charge in [0.1, 0.15) is 0 Å². The maximum atomic E-state index is 11.3. The van der Waals surface area contributed by atoms with Crippen LogP contribution in [0.5, 0.6) is 0 Å². The number of carboxylic acid groups (broad SMARTS) is 1. The molecule has 3 rings (SSSR count). The summed E-state index contributed by atoms with van der Waals surface area (Å²) in [5, 5.41) is 9.28. The third kappa shape index (κ3) is 2.15. The van der Waals surface area contributed by atoms with Gasteiger partial charge in [-0.15, -0.1) is 0 Å². The van der Waals surface area contributed by atoms with Crippen LogP contribution in [0.2, 0.25) is 0 Å². The summed E-state index contributed by atoms with van der Waals surface area (Å²) in [7, 11) is 0. The molecule has 3 heteroatoms. The zero-order chi connectivity index (χ0) is 12.5. The van der Waals surface area contributed by atoms with E-state index in [-0.39, 0.29) is 5.92 Å². The predicted octanol–water partition coefficient (Wildman–Crippen LogP) is 2.23. The second-order valence-electron chi connectivity index (χ2n) is 5.64. The molecule has 1 aliphatic carbocycles. The molecule has 0 radical (unpaired) electrons. The van der Waals surface area contributed by atoms with Gasteiger partial charge in [0.15, 0.2) is 0 Å². The molecule has 3 atom stereocenters. The van der Waals surface area contributed by atoms with Crippen LogP contribution in [0.4, 0.5) is 0 Å². The molecule has 1 aliphatic heterocycles. The van der Waals surface area contributed by atoms with Crippen molar-refractivity contribution in [3.05, 3.63) is 35.9 Å². The van der Waals surface area contributed by atoms with Crippen LogP contribution in [0.3, 0.4) is 0 Å². The van der Waals surface area contributed by atoms with Crippen LogP contribution < -0.4 is 0 Å². The number of nitrogens with zero attached hydrogens (tertiary/aromatic N) is 1. The monoisotopic (exact) mass is 245 g/mol. The first kappa shape index (κ1) is 11.7. The molecule has 96 valence electrons. The van der Waals surface area contributed by atoms with Crippen LogP contribution in [0.25, 0.3) is 0 Å². The lowest BCUT2D eigenvalue weighted by molar-refractivity contribution is -0.146. The van der Waals surface area contributed by atoms with Crippen molar-refractivity contribution in [1.82, 2.24) is 4.90 Å². The third-order valence-electron chi connectivity index (χ3n) is 4.44. The molecule has 1 unspecified atom stereocenters. The van der Waals surface area contributed by atoms with E-state index in [0.717, 1.165) is 32.5 Å². The van der Waals surface area contributed by atoms with Crippen molar-refractivity contribution in [3.8, 4) is 0 Å². The summed E-state index contributed by atoms with van der Waals surface area (Å²) in [6, 6.07) is 10.4. The topological polar surface area (TPSA) is 40.5 Å². The summed E-state index contributed by atoms with van der Waals surface area (Å²) < 4.78 is 0. The van der Waals surface area contributed by atoms with E-state index in [9.17, 15) is 9.90 Å². The van der Waals surface area contributed by atoms with Gasteiger partial charge in [0.2, 0.25) is 0 Å². The second-order valence-corrected chi connectivity index (χ2v) is 5.64. The fraction of sp³-hybridized carbons (Fsp3) is 0.533. The first-order valence-corrected chi connectivity index (χ1v) is 6.73. The lowest BCUT2D eigenvalue weighted by Gasteiger charge is -2.36. The highest BCUT2D eigenvalue weighted by Crippen LogP contribution is 2.42. The molecule has 1 saturated heterocycles. The van der Waals surface area contributed by atoms with Crippen LogP contribution in [-0.2, 0) is 11.3 Å². The molecule has 2 bridgehead atoms. The van der Waals surface area contributed by atoms with Gasteiger partial charge in [0, 0.05) is 19.6 Å². The van der Waals surface area contributed by atoms with Gasteiger partial charge in [-0.05, 0) is 30.2 Å². The first-order chi connectivity index (χ1) is 8.74. The molecule has 2 aliphatic rings. The minimum Gasteiger partial charge on any atom is -0.481 e. The third-order valence-corrected chi connectivity index (χ3v) is 4.44. The number of hydrogen-bond acceptors (Lipinski definition) is 2. The maximum Gasteiger partial charge on any atom is 0.307 e. The molecule has 2 fully saturated rings. The molecule has 0 amide bonds. The number of likely N-dealkylation sites (tertiary alicyclic amines) is 1. The Morgan fingerprint density at radius 3 is 2.33 bits per heavy atom. The summed E-state index contributed by atoms with van der Waals surface area (Å²) in [5.41, 5.74) is 1.32. The normalized spacial score (nSPS) is 31.4. The Kier molecular flexibility index (Phi) is 3.08. The Morgan fingerprint density at radius 2 is 1.78 bits per heavy atom. The Bertz CT molecular complexity index is 417. The van der Waals surface area contributed by atoms with E-state index in [4.69, 9.17) is 0 Å². The predicted molar refractivity (Wildman–Crippen MR) is 69.1 cm³/mol. The molecular formula is C15H19NO2. The molecule has 18 heavy (non-hydrogen) atoms. The number of hydrogen-bond donors (Lipinski definition) is 1. The zero-order valence-electron chi connectivity index (χ0n) is 10.5. The van der Waals surface area contributed by atoms with E-state index in [0.29, 0.717) is 11.8 Å². The Morgan fingerprint density at radius 1 is 1.17 bits per heavy atom. The van der Waals surface area contributed by atoms with E-state index < -0.39 is 5.97 Å². The van der Waals surface area contributed by atoms with Crippen LogP contribution >= 0.6 is 0 Å². The Balaban J connectivity index is 1.67. The summed E-state index contributed by atoms with van der Waals surface area (Å²) in [4.78, 5) is 13.7. The summed E-state index contributed by atoms with van der Waals surface area (Å²) in [6.45, 7) is 2.85. The number of piperidine rings is 1. The Labute approximate surface area is 107 Å². The van der Waals surface area contributed by atoms with Crippen molar-refractivity contribution in [1.29, 1.82) is 0 Å². The van der Waals surface area contributed by atoms with Crippen molar-refractivity contribution in [2.75, 3.05) is 13.1 Å². The molecule has 0 aromatic heterocycles. The first-order valence-electron chi connectivity index (χ1n) is 6.73. The van der Waals surface area contributed by atoms with E-state index in [1.54, 1.807) is 0 Å². The van der Waals surface area contributed by atoms with Crippen LogP contribution in [0, 0.1) is 17.8 Å². The fourth-order valence-electron chi connectivity index (χ4n) is 3.69. The van der Waals surface area contributed by atoms with E-state index in [2.05, 4.69) is 29.2 Å². The minimum absolute atomic E-state index is 0.0861. The highest BCUT2D eigenvalue weighted by molar-refractivity contribution is 5.71. The van der Waals surface area contributed by atoms with Crippen LogP contribution in [0.1, 0.15) is 18.4 Å². The van der Waals surface area contributed by atoms with Gasteiger partial charge in [0.05, 0.1) is 5.92 Å². The molecule has 1 aromatic rings. The highest BCUT2D eigenvalue weighted by Gasteiger charge is 2.45. The average molecular weight is 245 g/mol. The van der Waals surface area contributed by atoms with Gasteiger partial charge in [-0.3, -0.25) is 9.69 Å². The molecule has 1 aromatic carbocycles. The van der Waals surface area contributed by atoms with Crippen molar-refractivity contribution in [2.24, 2.45) is 17.8 Å². The maximum absolute atomic E-state index is 11.3. The standard InChI is InChI=1S/C15H19NO2/c17-15(18)14-12-6-7-13(14)10-16(9-12)8-11-4-2-1-3-5-11/h1-5,12-14H,6-10H2,(H,17,18)/t12-,13+,14?. The van der Waals surface area contributed by atoms with Crippen molar-refractivity contribution < 1.29 is 9.90 Å². The number of fused-ring (bicyclic) bond motifs is 2. The number of carbonyl (C=O) groups is 1. The average Bonchev–Trinajstić information content (AvgIpc) is 2.63. The van der Waals surface area contributed by atoms with Gasteiger partial charge < -0.3 is 5.11 Å².